The van der Waals surface area contributed by atoms with E-state index in [0.29, 0.717) is 21.7 Å². The molecular formula is C31H21BrClN3O3S. The molecular weight excluding hydrogens is 610 g/mol. The number of carbonyl (C=O) groups excluding carboxylic acids is 3. The number of nitrogens with one attached hydrogen (secondary N) is 1. The number of hydrogen-bond acceptors (Lipinski definition) is 4. The third-order valence-electron chi connectivity index (χ3n) is 6.65. The molecule has 0 bridgehead atoms. The van der Waals surface area contributed by atoms with Gasteiger partial charge in [0.25, 0.3) is 11.1 Å². The number of para-hydroxylation sites is 1. The fraction of sp³-hybridized carbons (Fsp3) is 0.0645. The maximum absolute atomic E-state index is 13.2. The molecule has 9 heteroatoms. The Labute approximate surface area is 247 Å². The SMILES string of the molecule is O=C(CN1C(=O)S/C(=C\c2cn(Cc3ccc4ccccc4c3)c3ccccc23)C1=O)Nc1ccc(Br)c(Cl)c1. The molecule has 198 valence electrons. The number of amides is 3. The van der Waals surface area contributed by atoms with Crippen LogP contribution in [0.15, 0.2) is 101 Å². The van der Waals surface area contributed by atoms with Crippen molar-refractivity contribution in [3.8, 4) is 0 Å². The van der Waals surface area contributed by atoms with Crippen molar-refractivity contribution >= 4 is 89.8 Å². The van der Waals surface area contributed by atoms with Crippen molar-refractivity contribution in [3.63, 3.8) is 0 Å². The third-order valence-corrected chi connectivity index (χ3v) is 8.79. The van der Waals surface area contributed by atoms with E-state index in [1.807, 2.05) is 42.6 Å². The largest absolute Gasteiger partial charge is 0.342 e. The fourth-order valence-electron chi connectivity index (χ4n) is 4.75. The van der Waals surface area contributed by atoms with Gasteiger partial charge in [0.1, 0.15) is 6.54 Å². The highest BCUT2D eigenvalue weighted by Crippen LogP contribution is 2.34. The topological polar surface area (TPSA) is 71.4 Å². The molecule has 4 aromatic carbocycles. The van der Waals surface area contributed by atoms with Gasteiger partial charge in [-0.25, -0.2) is 0 Å². The second kappa shape index (κ2) is 11.0. The van der Waals surface area contributed by atoms with Crippen LogP contribution in [0.2, 0.25) is 5.02 Å². The Balaban J connectivity index is 1.23. The van der Waals surface area contributed by atoms with Crippen LogP contribution in [-0.4, -0.2) is 33.1 Å². The van der Waals surface area contributed by atoms with Crippen LogP contribution in [0.4, 0.5) is 10.5 Å². The molecule has 40 heavy (non-hydrogen) atoms. The molecule has 1 N–H and O–H groups in total. The van der Waals surface area contributed by atoms with Crippen LogP contribution in [0, 0.1) is 0 Å². The second-order valence-corrected chi connectivity index (χ2v) is 11.6. The summed E-state index contributed by atoms with van der Waals surface area (Å²) in [5.74, 6) is -0.987. The lowest BCUT2D eigenvalue weighted by atomic mass is 10.1. The van der Waals surface area contributed by atoms with Gasteiger partial charge in [0.05, 0.1) is 9.93 Å². The monoisotopic (exact) mass is 629 g/mol. The summed E-state index contributed by atoms with van der Waals surface area (Å²) in [7, 11) is 0. The van der Waals surface area contributed by atoms with Crippen LogP contribution in [0.5, 0.6) is 0 Å². The second-order valence-electron chi connectivity index (χ2n) is 9.36. The van der Waals surface area contributed by atoms with E-state index in [0.717, 1.165) is 38.7 Å². The summed E-state index contributed by atoms with van der Waals surface area (Å²) in [6.45, 7) is 0.264. The molecule has 3 amide bonds. The molecule has 1 aromatic heterocycles. The molecule has 0 spiro atoms. The first-order chi connectivity index (χ1) is 19.4. The van der Waals surface area contributed by atoms with Gasteiger partial charge in [0, 0.05) is 39.4 Å². The number of imide groups is 1. The quantitative estimate of drug-likeness (QED) is 0.194. The number of rotatable bonds is 6. The van der Waals surface area contributed by atoms with Crippen LogP contribution in [0.1, 0.15) is 11.1 Å². The molecule has 0 aliphatic carbocycles. The number of benzene rings is 4. The summed E-state index contributed by atoms with van der Waals surface area (Å²) < 4.78 is 2.84. The zero-order chi connectivity index (χ0) is 27.8. The Morgan fingerprint density at radius 1 is 0.950 bits per heavy atom. The Morgan fingerprint density at radius 2 is 1.73 bits per heavy atom. The summed E-state index contributed by atoms with van der Waals surface area (Å²) in [6, 6.07) is 27.6. The van der Waals surface area contributed by atoms with Crippen LogP contribution >= 0.6 is 39.3 Å². The van der Waals surface area contributed by atoms with Gasteiger partial charge < -0.3 is 9.88 Å². The van der Waals surface area contributed by atoms with Crippen LogP contribution in [-0.2, 0) is 16.1 Å². The lowest BCUT2D eigenvalue weighted by Gasteiger charge is -2.12. The van der Waals surface area contributed by atoms with Crippen molar-refractivity contribution in [3.05, 3.63) is 117 Å². The molecule has 1 aliphatic rings. The molecule has 5 aromatic rings. The minimum absolute atomic E-state index is 0.276. The lowest BCUT2D eigenvalue weighted by molar-refractivity contribution is -0.127. The number of hydrogen-bond donors (Lipinski definition) is 1. The molecule has 0 radical (unpaired) electrons. The summed E-state index contributed by atoms with van der Waals surface area (Å²) in [5, 5.41) is 5.97. The molecule has 1 saturated heterocycles. The van der Waals surface area contributed by atoms with Crippen LogP contribution < -0.4 is 5.32 Å². The molecule has 0 unspecified atom stereocenters. The highest BCUT2D eigenvalue weighted by Gasteiger charge is 2.36. The maximum atomic E-state index is 13.2. The smallest absolute Gasteiger partial charge is 0.294 e. The highest BCUT2D eigenvalue weighted by atomic mass is 79.9. The number of carbonyl (C=O) groups is 3. The molecule has 2 heterocycles. The molecule has 1 aliphatic heterocycles. The van der Waals surface area contributed by atoms with Crippen molar-refractivity contribution < 1.29 is 14.4 Å². The highest BCUT2D eigenvalue weighted by molar-refractivity contribution is 9.10. The Hall–Kier alpha value is -3.85. The molecule has 1 fully saturated rings. The Kier molecular flexibility index (Phi) is 7.23. The number of nitrogens with zero attached hydrogens (tertiary/aromatic N) is 2. The summed E-state index contributed by atoms with van der Waals surface area (Å²) >= 11 is 10.2. The van der Waals surface area contributed by atoms with E-state index in [1.165, 1.54) is 10.8 Å². The maximum Gasteiger partial charge on any atom is 0.294 e. The first kappa shape index (κ1) is 26.4. The predicted molar refractivity (Wildman–Crippen MR) is 165 cm³/mol. The van der Waals surface area contributed by atoms with Crippen molar-refractivity contribution in [2.75, 3.05) is 11.9 Å². The summed E-state index contributed by atoms with van der Waals surface area (Å²) in [4.78, 5) is 39.7. The van der Waals surface area contributed by atoms with E-state index in [2.05, 4.69) is 56.1 Å². The van der Waals surface area contributed by atoms with E-state index in [1.54, 1.807) is 24.3 Å². The Bertz CT molecular complexity index is 1870. The van der Waals surface area contributed by atoms with Crippen molar-refractivity contribution in [1.82, 2.24) is 9.47 Å². The molecule has 6 rings (SSSR count). The summed E-state index contributed by atoms with van der Waals surface area (Å²) in [5.41, 5.74) is 3.48. The van der Waals surface area contributed by atoms with Crippen molar-refractivity contribution in [1.29, 1.82) is 0 Å². The lowest BCUT2D eigenvalue weighted by Crippen LogP contribution is -2.36. The van der Waals surface area contributed by atoms with E-state index in [-0.39, 0.29) is 11.4 Å². The third kappa shape index (κ3) is 5.30. The number of thioether (sulfide) groups is 1. The van der Waals surface area contributed by atoms with E-state index in [4.69, 9.17) is 11.6 Å². The summed E-state index contributed by atoms with van der Waals surface area (Å²) in [6.07, 6.45) is 3.73. The molecule has 0 saturated carbocycles. The van der Waals surface area contributed by atoms with Crippen LogP contribution in [0.25, 0.3) is 27.8 Å². The van der Waals surface area contributed by atoms with Gasteiger partial charge >= 0.3 is 0 Å². The average Bonchev–Trinajstić information content (AvgIpc) is 3.42. The van der Waals surface area contributed by atoms with Gasteiger partial charge in [-0.15, -0.1) is 0 Å². The number of aromatic nitrogens is 1. The minimum atomic E-state index is -0.495. The number of anilines is 1. The van der Waals surface area contributed by atoms with Crippen LogP contribution in [0.3, 0.4) is 0 Å². The zero-order valence-corrected chi connectivity index (χ0v) is 24.1. The molecule has 0 atom stereocenters. The Morgan fingerprint density at radius 3 is 2.55 bits per heavy atom. The standard InChI is InChI=1S/C31H21BrClN3O3S/c32-25-12-11-23(15-26(25)33)34-29(37)18-36-30(38)28(40-31(36)39)14-22-17-35(27-8-4-3-7-24(22)27)16-19-9-10-20-5-1-2-6-21(20)13-19/h1-15,17H,16,18H2,(H,34,37)/b28-14-. The van der Waals surface area contributed by atoms with E-state index >= 15 is 0 Å². The van der Waals surface area contributed by atoms with E-state index < -0.39 is 17.1 Å². The van der Waals surface area contributed by atoms with Gasteiger partial charge in [-0.3, -0.25) is 19.3 Å². The van der Waals surface area contributed by atoms with E-state index in [9.17, 15) is 14.4 Å². The predicted octanol–water partition coefficient (Wildman–Crippen LogP) is 7.93. The molecule has 6 nitrogen and oxygen atoms in total. The first-order valence-corrected chi connectivity index (χ1v) is 14.4. The minimum Gasteiger partial charge on any atom is -0.342 e. The number of fused-ring (bicyclic) bond motifs is 2. The van der Waals surface area contributed by atoms with Gasteiger partial charge in [-0.05, 0) is 80.4 Å². The van der Waals surface area contributed by atoms with Crippen molar-refractivity contribution in [2.24, 2.45) is 0 Å². The van der Waals surface area contributed by atoms with Crippen molar-refractivity contribution in [2.45, 2.75) is 6.54 Å². The van der Waals surface area contributed by atoms with Gasteiger partial charge in [-0.1, -0.05) is 66.2 Å². The fourth-order valence-corrected chi connectivity index (χ4v) is 6.01. The first-order valence-electron chi connectivity index (χ1n) is 12.4. The average molecular weight is 631 g/mol. The zero-order valence-electron chi connectivity index (χ0n) is 20.9. The normalized spacial score (nSPS) is 14.6. The number of halogens is 2. The van der Waals surface area contributed by atoms with Gasteiger partial charge in [-0.2, -0.15) is 0 Å². The van der Waals surface area contributed by atoms with Gasteiger partial charge in [0.15, 0.2) is 0 Å². The van der Waals surface area contributed by atoms with Gasteiger partial charge in [0.2, 0.25) is 5.91 Å².